The van der Waals surface area contributed by atoms with E-state index in [4.69, 9.17) is 5.73 Å². The molecule has 0 saturated carbocycles. The summed E-state index contributed by atoms with van der Waals surface area (Å²) in [5.74, 6) is 0. The largest absolute Gasteiger partial charge is 0.416 e. The Morgan fingerprint density at radius 3 is 2.55 bits per heavy atom. The summed E-state index contributed by atoms with van der Waals surface area (Å²) in [5.41, 5.74) is 5.52. The number of nitrogens with two attached hydrogens (primary N) is 1. The van der Waals surface area contributed by atoms with Crippen molar-refractivity contribution in [2.75, 3.05) is 13.1 Å². The molecule has 0 spiro atoms. The molecule has 1 heterocycles. The minimum absolute atomic E-state index is 0. The van der Waals surface area contributed by atoms with Gasteiger partial charge in [-0.3, -0.25) is 4.90 Å². The molecule has 1 fully saturated rings. The van der Waals surface area contributed by atoms with Crippen LogP contribution < -0.4 is 5.73 Å². The van der Waals surface area contributed by atoms with E-state index in [2.05, 4.69) is 4.90 Å². The highest BCUT2D eigenvalue weighted by Crippen LogP contribution is 2.33. The van der Waals surface area contributed by atoms with Crippen molar-refractivity contribution in [2.45, 2.75) is 38.0 Å². The van der Waals surface area contributed by atoms with Crippen LogP contribution in [0.15, 0.2) is 24.3 Å². The number of rotatable bonds is 3. The molecular formula is C14H20ClF3N2. The molecule has 2 N–H and O–H groups in total. The molecule has 6 heteroatoms. The molecule has 1 unspecified atom stereocenters. The molecule has 2 rings (SSSR count). The molecule has 20 heavy (non-hydrogen) atoms. The zero-order valence-corrected chi connectivity index (χ0v) is 12.0. The van der Waals surface area contributed by atoms with Crippen LogP contribution >= 0.6 is 12.4 Å². The number of hydrogen-bond acceptors (Lipinski definition) is 2. The molecule has 1 aromatic carbocycles. The molecule has 1 atom stereocenters. The summed E-state index contributed by atoms with van der Waals surface area (Å²) in [6.07, 6.45) is -1.17. The Balaban J connectivity index is 0.00000200. The van der Waals surface area contributed by atoms with Crippen molar-refractivity contribution in [1.29, 1.82) is 0 Å². The van der Waals surface area contributed by atoms with E-state index in [0.717, 1.165) is 31.9 Å². The highest BCUT2D eigenvalue weighted by atomic mass is 35.5. The molecule has 0 bridgehead atoms. The summed E-state index contributed by atoms with van der Waals surface area (Å²) >= 11 is 0. The minimum atomic E-state index is -4.29. The molecule has 0 aliphatic carbocycles. The van der Waals surface area contributed by atoms with E-state index in [1.54, 1.807) is 12.1 Å². The molecule has 0 radical (unpaired) electrons. The molecule has 0 amide bonds. The Hall–Kier alpha value is -0.780. The lowest BCUT2D eigenvalue weighted by Crippen LogP contribution is -2.43. The first-order valence-electron chi connectivity index (χ1n) is 6.61. The summed E-state index contributed by atoms with van der Waals surface area (Å²) in [7, 11) is 0. The van der Waals surface area contributed by atoms with Gasteiger partial charge in [0, 0.05) is 19.1 Å². The van der Waals surface area contributed by atoms with E-state index in [1.165, 1.54) is 6.07 Å². The molecular weight excluding hydrogens is 289 g/mol. The van der Waals surface area contributed by atoms with Gasteiger partial charge in [-0.1, -0.05) is 24.6 Å². The third kappa shape index (κ3) is 4.11. The number of alkyl halides is 3. The van der Waals surface area contributed by atoms with Crippen LogP contribution in [0.2, 0.25) is 0 Å². The number of nitrogens with zero attached hydrogens (tertiary/aromatic N) is 1. The number of hydrogen-bond donors (Lipinski definition) is 1. The zero-order valence-electron chi connectivity index (χ0n) is 11.2. The van der Waals surface area contributed by atoms with Crippen LogP contribution in [0.1, 0.15) is 30.4 Å². The van der Waals surface area contributed by atoms with Crippen LogP contribution in [0.3, 0.4) is 0 Å². The normalized spacial score (nSPS) is 20.5. The van der Waals surface area contributed by atoms with E-state index >= 15 is 0 Å². The van der Waals surface area contributed by atoms with Crippen LogP contribution in [-0.2, 0) is 12.7 Å². The van der Waals surface area contributed by atoms with E-state index < -0.39 is 11.7 Å². The van der Waals surface area contributed by atoms with Gasteiger partial charge in [0.05, 0.1) is 5.56 Å². The van der Waals surface area contributed by atoms with Gasteiger partial charge in [0.25, 0.3) is 0 Å². The lowest BCUT2D eigenvalue weighted by Gasteiger charge is -2.35. The SMILES string of the molecule is Cl.NCC1CCCCN1Cc1ccccc1C(F)(F)F. The van der Waals surface area contributed by atoms with Gasteiger partial charge in [-0.05, 0) is 31.0 Å². The molecule has 1 aliphatic rings. The fourth-order valence-electron chi connectivity index (χ4n) is 2.69. The highest BCUT2D eigenvalue weighted by molar-refractivity contribution is 5.85. The second-order valence-electron chi connectivity index (χ2n) is 5.01. The molecule has 1 aromatic rings. The maximum Gasteiger partial charge on any atom is 0.416 e. The second-order valence-corrected chi connectivity index (χ2v) is 5.01. The van der Waals surface area contributed by atoms with Gasteiger partial charge in [-0.15, -0.1) is 12.4 Å². The molecule has 1 saturated heterocycles. The Kier molecular flexibility index (Phi) is 6.30. The first-order chi connectivity index (χ1) is 9.02. The van der Waals surface area contributed by atoms with Gasteiger partial charge in [0.2, 0.25) is 0 Å². The lowest BCUT2D eigenvalue weighted by atomic mass is 9.99. The average molecular weight is 309 g/mol. The van der Waals surface area contributed by atoms with Crippen molar-refractivity contribution in [3.05, 3.63) is 35.4 Å². The summed E-state index contributed by atoms with van der Waals surface area (Å²) in [4.78, 5) is 2.08. The third-order valence-electron chi connectivity index (χ3n) is 3.72. The van der Waals surface area contributed by atoms with Crippen molar-refractivity contribution >= 4 is 12.4 Å². The molecule has 114 valence electrons. The van der Waals surface area contributed by atoms with E-state index in [-0.39, 0.29) is 18.4 Å². The Morgan fingerprint density at radius 2 is 1.90 bits per heavy atom. The number of halogens is 4. The Bertz CT molecular complexity index is 423. The number of piperidine rings is 1. The second kappa shape index (κ2) is 7.29. The average Bonchev–Trinajstić information content (AvgIpc) is 2.39. The number of likely N-dealkylation sites (tertiary alicyclic amines) is 1. The van der Waals surface area contributed by atoms with Crippen molar-refractivity contribution in [2.24, 2.45) is 5.73 Å². The predicted octanol–water partition coefficient (Wildman–Crippen LogP) is 3.44. The maximum atomic E-state index is 12.9. The van der Waals surface area contributed by atoms with Crippen LogP contribution in [0.25, 0.3) is 0 Å². The summed E-state index contributed by atoms with van der Waals surface area (Å²) < 4.78 is 38.8. The fourth-order valence-corrected chi connectivity index (χ4v) is 2.69. The Morgan fingerprint density at radius 1 is 1.20 bits per heavy atom. The quantitative estimate of drug-likeness (QED) is 0.927. The monoisotopic (exact) mass is 308 g/mol. The molecule has 0 aromatic heterocycles. The molecule has 1 aliphatic heterocycles. The van der Waals surface area contributed by atoms with E-state index in [9.17, 15) is 13.2 Å². The van der Waals surface area contributed by atoms with Crippen molar-refractivity contribution in [1.82, 2.24) is 4.90 Å². The van der Waals surface area contributed by atoms with Gasteiger partial charge < -0.3 is 5.73 Å². The Labute approximate surface area is 123 Å². The van der Waals surface area contributed by atoms with Crippen molar-refractivity contribution in [3.8, 4) is 0 Å². The summed E-state index contributed by atoms with van der Waals surface area (Å²) in [6.45, 7) is 1.67. The van der Waals surface area contributed by atoms with Gasteiger partial charge in [0.15, 0.2) is 0 Å². The van der Waals surface area contributed by atoms with E-state index in [1.807, 2.05) is 0 Å². The van der Waals surface area contributed by atoms with Crippen molar-refractivity contribution < 1.29 is 13.2 Å². The minimum Gasteiger partial charge on any atom is -0.329 e. The number of benzene rings is 1. The first-order valence-corrected chi connectivity index (χ1v) is 6.61. The van der Waals surface area contributed by atoms with Crippen LogP contribution in [0.5, 0.6) is 0 Å². The highest BCUT2D eigenvalue weighted by Gasteiger charge is 2.33. The standard InChI is InChI=1S/C14H19F3N2.ClH/c15-14(16,17)13-7-2-1-5-11(13)10-19-8-4-3-6-12(19)9-18;/h1-2,5,7,12H,3-4,6,8-10,18H2;1H. The summed E-state index contributed by atoms with van der Waals surface area (Å²) in [6, 6.07) is 6.01. The van der Waals surface area contributed by atoms with Gasteiger partial charge in [-0.2, -0.15) is 13.2 Å². The third-order valence-corrected chi connectivity index (χ3v) is 3.72. The van der Waals surface area contributed by atoms with Gasteiger partial charge in [0.1, 0.15) is 0 Å². The lowest BCUT2D eigenvalue weighted by molar-refractivity contribution is -0.138. The maximum absolute atomic E-state index is 12.9. The summed E-state index contributed by atoms with van der Waals surface area (Å²) in [5, 5.41) is 0. The van der Waals surface area contributed by atoms with Gasteiger partial charge in [-0.25, -0.2) is 0 Å². The van der Waals surface area contributed by atoms with Crippen molar-refractivity contribution in [3.63, 3.8) is 0 Å². The van der Waals surface area contributed by atoms with Gasteiger partial charge >= 0.3 is 6.18 Å². The molecule has 2 nitrogen and oxygen atoms in total. The van der Waals surface area contributed by atoms with Crippen LogP contribution in [0, 0.1) is 0 Å². The van der Waals surface area contributed by atoms with Crippen LogP contribution in [-0.4, -0.2) is 24.0 Å². The van der Waals surface area contributed by atoms with E-state index in [0.29, 0.717) is 18.7 Å². The smallest absolute Gasteiger partial charge is 0.329 e. The van der Waals surface area contributed by atoms with Crippen LogP contribution in [0.4, 0.5) is 13.2 Å². The topological polar surface area (TPSA) is 29.3 Å². The predicted molar refractivity (Wildman–Crippen MR) is 75.8 cm³/mol. The fraction of sp³-hybridized carbons (Fsp3) is 0.571. The first kappa shape index (κ1) is 17.3. The zero-order chi connectivity index (χ0) is 13.9.